The molecule has 0 bridgehead atoms. The number of benzene rings is 1. The molecule has 102 valence electrons. The summed E-state index contributed by atoms with van der Waals surface area (Å²) in [5, 5.41) is 4.17. The van der Waals surface area contributed by atoms with Crippen LogP contribution < -0.4 is 5.73 Å². The number of rotatable bonds is 4. The highest BCUT2D eigenvalue weighted by Gasteiger charge is 2.18. The van der Waals surface area contributed by atoms with Gasteiger partial charge in [0.15, 0.2) is 0 Å². The molecule has 0 radical (unpaired) electrons. The highest BCUT2D eigenvalue weighted by molar-refractivity contribution is 9.10. The standard InChI is InChI=1S/C13H14BrF2N3/c1-2-19-13(10(14)7-18-19)12(17)5-8-3-4-9(15)6-11(8)16/h3-4,6-7,12H,2,5,17H2,1H3. The maximum atomic E-state index is 13.6. The molecule has 0 saturated heterocycles. The predicted octanol–water partition coefficient (Wildman–Crippen LogP) is 3.19. The lowest BCUT2D eigenvalue weighted by atomic mass is 10.0. The lowest BCUT2D eigenvalue weighted by Crippen LogP contribution is -2.19. The number of halogens is 3. The summed E-state index contributed by atoms with van der Waals surface area (Å²) in [6.45, 7) is 2.63. The van der Waals surface area contributed by atoms with Gasteiger partial charge < -0.3 is 5.73 Å². The summed E-state index contributed by atoms with van der Waals surface area (Å²) in [7, 11) is 0. The van der Waals surface area contributed by atoms with Crippen LogP contribution in [0.15, 0.2) is 28.9 Å². The number of aromatic nitrogens is 2. The van der Waals surface area contributed by atoms with E-state index >= 15 is 0 Å². The lowest BCUT2D eigenvalue weighted by molar-refractivity contribution is 0.540. The van der Waals surface area contributed by atoms with Crippen LogP contribution in [0.4, 0.5) is 8.78 Å². The zero-order valence-electron chi connectivity index (χ0n) is 10.4. The minimum Gasteiger partial charge on any atom is -0.322 e. The van der Waals surface area contributed by atoms with E-state index in [1.54, 1.807) is 10.9 Å². The maximum Gasteiger partial charge on any atom is 0.129 e. The Morgan fingerprint density at radius 1 is 1.42 bits per heavy atom. The number of aryl methyl sites for hydroxylation is 1. The van der Waals surface area contributed by atoms with E-state index in [9.17, 15) is 8.78 Å². The van der Waals surface area contributed by atoms with Gasteiger partial charge >= 0.3 is 0 Å². The van der Waals surface area contributed by atoms with Crippen molar-refractivity contribution < 1.29 is 8.78 Å². The first kappa shape index (κ1) is 14.1. The topological polar surface area (TPSA) is 43.8 Å². The SMILES string of the molecule is CCn1ncc(Br)c1C(N)Cc1ccc(F)cc1F. The minimum atomic E-state index is -0.588. The number of hydrogen-bond acceptors (Lipinski definition) is 2. The zero-order valence-corrected chi connectivity index (χ0v) is 12.0. The Morgan fingerprint density at radius 2 is 2.16 bits per heavy atom. The Kier molecular flexibility index (Phi) is 4.31. The van der Waals surface area contributed by atoms with Gasteiger partial charge in [0, 0.05) is 12.6 Å². The monoisotopic (exact) mass is 329 g/mol. The van der Waals surface area contributed by atoms with Crippen LogP contribution in [0, 0.1) is 11.6 Å². The predicted molar refractivity (Wildman–Crippen MR) is 72.6 cm³/mol. The molecule has 0 aliphatic heterocycles. The summed E-state index contributed by atoms with van der Waals surface area (Å²) in [5.41, 5.74) is 7.31. The van der Waals surface area contributed by atoms with E-state index in [0.29, 0.717) is 12.1 Å². The van der Waals surface area contributed by atoms with Gasteiger partial charge in [0.2, 0.25) is 0 Å². The molecule has 0 fully saturated rings. The van der Waals surface area contributed by atoms with Crippen LogP contribution >= 0.6 is 15.9 Å². The zero-order chi connectivity index (χ0) is 14.0. The van der Waals surface area contributed by atoms with Crippen LogP contribution in [0.2, 0.25) is 0 Å². The van der Waals surface area contributed by atoms with Crippen LogP contribution in [0.25, 0.3) is 0 Å². The van der Waals surface area contributed by atoms with Crippen LogP contribution in [0.1, 0.15) is 24.2 Å². The van der Waals surface area contributed by atoms with Gasteiger partial charge in [-0.15, -0.1) is 0 Å². The molecule has 1 unspecified atom stereocenters. The van der Waals surface area contributed by atoms with Gasteiger partial charge in [-0.05, 0) is 40.9 Å². The molecule has 1 aromatic heterocycles. The van der Waals surface area contributed by atoms with E-state index < -0.39 is 17.7 Å². The van der Waals surface area contributed by atoms with Gasteiger partial charge in [-0.1, -0.05) is 6.07 Å². The fraction of sp³-hybridized carbons (Fsp3) is 0.308. The van der Waals surface area contributed by atoms with E-state index in [1.165, 1.54) is 12.1 Å². The Bertz CT molecular complexity index is 583. The fourth-order valence-electron chi connectivity index (χ4n) is 2.01. The molecule has 1 atom stereocenters. The third kappa shape index (κ3) is 3.01. The maximum absolute atomic E-state index is 13.6. The molecule has 19 heavy (non-hydrogen) atoms. The Balaban J connectivity index is 2.25. The normalized spacial score (nSPS) is 12.7. The third-order valence-corrected chi connectivity index (χ3v) is 3.55. The largest absolute Gasteiger partial charge is 0.322 e. The quantitative estimate of drug-likeness (QED) is 0.936. The number of nitrogens with two attached hydrogens (primary N) is 1. The van der Waals surface area contributed by atoms with Crippen molar-refractivity contribution in [3.05, 3.63) is 51.8 Å². The molecule has 6 heteroatoms. The molecule has 0 amide bonds. The van der Waals surface area contributed by atoms with Crippen molar-refractivity contribution in [3.8, 4) is 0 Å². The Labute approximate surface area is 118 Å². The molecule has 0 aliphatic carbocycles. The van der Waals surface area contributed by atoms with Gasteiger partial charge in [0.25, 0.3) is 0 Å². The highest BCUT2D eigenvalue weighted by atomic mass is 79.9. The van der Waals surface area contributed by atoms with E-state index in [4.69, 9.17) is 5.73 Å². The van der Waals surface area contributed by atoms with Crippen LogP contribution in [0.5, 0.6) is 0 Å². The van der Waals surface area contributed by atoms with E-state index in [1.807, 2.05) is 6.92 Å². The molecule has 3 nitrogen and oxygen atoms in total. The van der Waals surface area contributed by atoms with Gasteiger partial charge in [0.1, 0.15) is 11.6 Å². The number of hydrogen-bond donors (Lipinski definition) is 1. The first-order valence-corrected chi connectivity index (χ1v) is 6.73. The first-order valence-electron chi connectivity index (χ1n) is 5.93. The molecular weight excluding hydrogens is 316 g/mol. The summed E-state index contributed by atoms with van der Waals surface area (Å²) in [6, 6.07) is 3.12. The van der Waals surface area contributed by atoms with Crippen molar-refractivity contribution in [3.63, 3.8) is 0 Å². The Hall–Kier alpha value is -1.27. The molecule has 0 spiro atoms. The minimum absolute atomic E-state index is 0.288. The van der Waals surface area contributed by atoms with Crippen molar-refractivity contribution in [2.75, 3.05) is 0 Å². The van der Waals surface area contributed by atoms with Gasteiger partial charge in [0.05, 0.1) is 22.4 Å². The van der Waals surface area contributed by atoms with Crippen LogP contribution in [0.3, 0.4) is 0 Å². The second-order valence-electron chi connectivity index (χ2n) is 4.24. The summed E-state index contributed by atoms with van der Waals surface area (Å²) in [4.78, 5) is 0. The van der Waals surface area contributed by atoms with Gasteiger partial charge in [-0.3, -0.25) is 4.68 Å². The molecule has 0 aliphatic rings. The number of nitrogens with zero attached hydrogens (tertiary/aromatic N) is 2. The average molecular weight is 330 g/mol. The highest BCUT2D eigenvalue weighted by Crippen LogP contribution is 2.25. The van der Waals surface area contributed by atoms with Crippen LogP contribution in [-0.4, -0.2) is 9.78 Å². The van der Waals surface area contributed by atoms with Gasteiger partial charge in [-0.2, -0.15) is 5.10 Å². The van der Waals surface area contributed by atoms with Crippen molar-refractivity contribution >= 4 is 15.9 Å². The smallest absolute Gasteiger partial charge is 0.129 e. The molecule has 1 aromatic carbocycles. The third-order valence-electron chi connectivity index (χ3n) is 2.94. The first-order chi connectivity index (χ1) is 9.02. The molecule has 2 aromatic rings. The fourth-order valence-corrected chi connectivity index (χ4v) is 2.60. The van der Waals surface area contributed by atoms with E-state index in [-0.39, 0.29) is 6.42 Å². The summed E-state index contributed by atoms with van der Waals surface area (Å²) >= 11 is 3.38. The van der Waals surface area contributed by atoms with E-state index in [2.05, 4.69) is 21.0 Å². The molecule has 1 heterocycles. The average Bonchev–Trinajstić information content (AvgIpc) is 2.74. The summed E-state index contributed by atoms with van der Waals surface area (Å²) in [6.07, 6.45) is 1.95. The molecular formula is C13H14BrF2N3. The second-order valence-corrected chi connectivity index (χ2v) is 5.09. The Morgan fingerprint density at radius 3 is 2.79 bits per heavy atom. The second kappa shape index (κ2) is 5.79. The molecule has 2 rings (SSSR count). The van der Waals surface area contributed by atoms with Crippen LogP contribution in [-0.2, 0) is 13.0 Å². The van der Waals surface area contributed by atoms with Crippen molar-refractivity contribution in [2.24, 2.45) is 5.73 Å². The summed E-state index contributed by atoms with van der Waals surface area (Å²) in [5.74, 6) is -1.16. The molecule has 2 N–H and O–H groups in total. The lowest BCUT2D eigenvalue weighted by Gasteiger charge is -2.15. The van der Waals surface area contributed by atoms with Crippen molar-refractivity contribution in [1.29, 1.82) is 0 Å². The van der Waals surface area contributed by atoms with Crippen molar-refractivity contribution in [1.82, 2.24) is 9.78 Å². The molecule has 0 saturated carbocycles. The van der Waals surface area contributed by atoms with Gasteiger partial charge in [-0.25, -0.2) is 8.78 Å². The van der Waals surface area contributed by atoms with E-state index in [0.717, 1.165) is 16.2 Å². The van der Waals surface area contributed by atoms with Crippen molar-refractivity contribution in [2.45, 2.75) is 25.9 Å². The summed E-state index contributed by atoms with van der Waals surface area (Å²) < 4.78 is 29.0.